The van der Waals surface area contributed by atoms with Gasteiger partial charge in [0.1, 0.15) is 11.5 Å². The van der Waals surface area contributed by atoms with Crippen molar-refractivity contribution < 1.29 is 9.32 Å². The zero-order chi connectivity index (χ0) is 14.2. The maximum absolute atomic E-state index is 11.8. The fourth-order valence-corrected chi connectivity index (χ4v) is 2.75. The number of nitrogens with zero attached hydrogens (tertiary/aromatic N) is 3. The molecule has 1 unspecified atom stereocenters. The van der Waals surface area contributed by atoms with Gasteiger partial charge < -0.3 is 4.52 Å². The summed E-state index contributed by atoms with van der Waals surface area (Å²) in [6, 6.07) is 11.7. The molecule has 5 nitrogen and oxygen atoms in total. The lowest BCUT2D eigenvalue weighted by Gasteiger charge is -1.99. The van der Waals surface area contributed by atoms with Gasteiger partial charge in [0.05, 0.1) is 11.4 Å². The minimum Gasteiger partial charge on any atom is -0.338 e. The van der Waals surface area contributed by atoms with Crippen molar-refractivity contribution in [2.75, 3.05) is 0 Å². The number of aromatic nitrogens is 3. The summed E-state index contributed by atoms with van der Waals surface area (Å²) in [5, 5.41) is 5.04. The van der Waals surface area contributed by atoms with E-state index < -0.39 is 0 Å². The molecule has 0 aliphatic heterocycles. The van der Waals surface area contributed by atoms with Crippen LogP contribution in [0.4, 0.5) is 0 Å². The highest BCUT2D eigenvalue weighted by Gasteiger charge is 2.31. The van der Waals surface area contributed by atoms with Crippen LogP contribution < -0.4 is 0 Å². The summed E-state index contributed by atoms with van der Waals surface area (Å²) in [6.45, 7) is 0. The van der Waals surface area contributed by atoms with Crippen LogP contribution in [0.15, 0.2) is 40.9 Å². The molecule has 5 heteroatoms. The summed E-state index contributed by atoms with van der Waals surface area (Å²) in [7, 11) is 0. The Hall–Kier alpha value is -2.56. The van der Waals surface area contributed by atoms with Crippen LogP contribution in [0.5, 0.6) is 0 Å². The number of Topliss-reactive ketones (excluding diaryl/α,β-unsaturated/α-hetero) is 1. The second-order valence-corrected chi connectivity index (χ2v) is 5.26. The summed E-state index contributed by atoms with van der Waals surface area (Å²) in [6.07, 6.45) is 2.30. The maximum atomic E-state index is 11.8. The minimum atomic E-state index is -0.230. The summed E-state index contributed by atoms with van der Waals surface area (Å²) >= 11 is 0. The fourth-order valence-electron chi connectivity index (χ4n) is 2.75. The Labute approximate surface area is 121 Å². The van der Waals surface area contributed by atoms with Gasteiger partial charge in [-0.25, -0.2) is 4.98 Å². The Morgan fingerprint density at radius 1 is 1.10 bits per heavy atom. The van der Waals surface area contributed by atoms with Gasteiger partial charge in [-0.3, -0.25) is 4.79 Å². The van der Waals surface area contributed by atoms with Crippen molar-refractivity contribution in [1.29, 1.82) is 0 Å². The number of rotatable bonds is 2. The van der Waals surface area contributed by atoms with E-state index in [0.717, 1.165) is 23.7 Å². The Kier molecular flexibility index (Phi) is 2.77. The van der Waals surface area contributed by atoms with Crippen LogP contribution in [0.25, 0.3) is 22.4 Å². The SMILES string of the molecule is O=C1CCCC1c1nc(-c2ccc3ccccc3n2)no1. The van der Waals surface area contributed by atoms with E-state index in [4.69, 9.17) is 4.52 Å². The van der Waals surface area contributed by atoms with Gasteiger partial charge in [0.2, 0.25) is 11.7 Å². The normalized spacial score (nSPS) is 18.5. The number of pyridine rings is 1. The molecule has 1 atom stereocenters. The quantitative estimate of drug-likeness (QED) is 0.721. The van der Waals surface area contributed by atoms with E-state index in [9.17, 15) is 4.79 Å². The monoisotopic (exact) mass is 279 g/mol. The van der Waals surface area contributed by atoms with Crippen molar-refractivity contribution in [3.05, 3.63) is 42.3 Å². The van der Waals surface area contributed by atoms with Gasteiger partial charge in [0, 0.05) is 11.8 Å². The van der Waals surface area contributed by atoms with Gasteiger partial charge in [-0.1, -0.05) is 29.4 Å². The standard InChI is InChI=1S/C16H13N3O2/c20-14-7-3-5-11(14)16-18-15(19-21-16)13-9-8-10-4-1-2-6-12(10)17-13/h1-2,4,6,8-9,11H,3,5,7H2. The lowest BCUT2D eigenvalue weighted by Crippen LogP contribution is -2.04. The molecule has 0 spiro atoms. The summed E-state index contributed by atoms with van der Waals surface area (Å²) in [5.41, 5.74) is 1.55. The lowest BCUT2D eigenvalue weighted by atomic mass is 10.1. The third-order valence-corrected chi connectivity index (χ3v) is 3.87. The average Bonchev–Trinajstić information content (AvgIpc) is 3.15. The second kappa shape index (κ2) is 4.77. The number of hydrogen-bond acceptors (Lipinski definition) is 5. The van der Waals surface area contributed by atoms with E-state index in [-0.39, 0.29) is 11.7 Å². The molecule has 0 radical (unpaired) electrons. The first-order chi connectivity index (χ1) is 10.3. The zero-order valence-electron chi connectivity index (χ0n) is 11.3. The number of para-hydroxylation sites is 1. The third-order valence-electron chi connectivity index (χ3n) is 3.87. The van der Waals surface area contributed by atoms with Crippen LogP contribution >= 0.6 is 0 Å². The number of benzene rings is 1. The molecule has 1 aromatic carbocycles. The highest BCUT2D eigenvalue weighted by Crippen LogP contribution is 2.31. The van der Waals surface area contributed by atoms with Crippen LogP contribution in [0.2, 0.25) is 0 Å². The van der Waals surface area contributed by atoms with Crippen LogP contribution in [0.1, 0.15) is 31.1 Å². The van der Waals surface area contributed by atoms with Gasteiger partial charge in [-0.05, 0) is 25.0 Å². The van der Waals surface area contributed by atoms with Gasteiger partial charge in [0.15, 0.2) is 0 Å². The van der Waals surface area contributed by atoms with Gasteiger partial charge in [0.25, 0.3) is 0 Å². The molecule has 2 heterocycles. The molecular weight excluding hydrogens is 266 g/mol. The first-order valence-corrected chi connectivity index (χ1v) is 7.04. The molecule has 0 N–H and O–H groups in total. The molecule has 104 valence electrons. The number of fused-ring (bicyclic) bond motifs is 1. The number of ketones is 1. The first-order valence-electron chi connectivity index (χ1n) is 7.04. The lowest BCUT2D eigenvalue weighted by molar-refractivity contribution is -0.119. The van der Waals surface area contributed by atoms with E-state index in [1.165, 1.54) is 0 Å². The molecule has 1 fully saturated rings. The molecule has 1 aliphatic carbocycles. The highest BCUT2D eigenvalue weighted by molar-refractivity contribution is 5.86. The first kappa shape index (κ1) is 12.2. The smallest absolute Gasteiger partial charge is 0.237 e. The topological polar surface area (TPSA) is 68.9 Å². The predicted molar refractivity (Wildman–Crippen MR) is 76.6 cm³/mol. The maximum Gasteiger partial charge on any atom is 0.237 e. The Morgan fingerprint density at radius 3 is 2.86 bits per heavy atom. The van der Waals surface area contributed by atoms with E-state index in [1.54, 1.807) is 0 Å². The molecule has 21 heavy (non-hydrogen) atoms. The van der Waals surface area contributed by atoms with Crippen molar-refractivity contribution in [3.8, 4) is 11.5 Å². The van der Waals surface area contributed by atoms with Gasteiger partial charge in [-0.15, -0.1) is 0 Å². The van der Waals surface area contributed by atoms with Crippen molar-refractivity contribution in [2.24, 2.45) is 0 Å². The summed E-state index contributed by atoms with van der Waals surface area (Å²) in [5.74, 6) is 0.821. The fraction of sp³-hybridized carbons (Fsp3) is 0.250. The van der Waals surface area contributed by atoms with Crippen LogP contribution in [-0.4, -0.2) is 20.9 Å². The van der Waals surface area contributed by atoms with E-state index in [2.05, 4.69) is 15.1 Å². The Bertz CT molecular complexity index is 825. The van der Waals surface area contributed by atoms with Crippen LogP contribution in [-0.2, 0) is 4.79 Å². The number of carbonyl (C=O) groups excluding carboxylic acids is 1. The summed E-state index contributed by atoms with van der Waals surface area (Å²) < 4.78 is 5.26. The third kappa shape index (κ3) is 2.11. The highest BCUT2D eigenvalue weighted by atomic mass is 16.5. The van der Waals surface area contributed by atoms with Crippen molar-refractivity contribution >= 4 is 16.7 Å². The second-order valence-electron chi connectivity index (χ2n) is 5.26. The molecule has 1 saturated carbocycles. The van der Waals surface area contributed by atoms with Gasteiger partial charge in [-0.2, -0.15) is 4.98 Å². The molecular formula is C16H13N3O2. The van der Waals surface area contributed by atoms with Crippen LogP contribution in [0, 0.1) is 0 Å². The molecule has 1 aliphatic rings. The zero-order valence-corrected chi connectivity index (χ0v) is 11.3. The van der Waals surface area contributed by atoms with Gasteiger partial charge >= 0.3 is 0 Å². The number of carbonyl (C=O) groups is 1. The van der Waals surface area contributed by atoms with Crippen molar-refractivity contribution in [2.45, 2.75) is 25.2 Å². The van der Waals surface area contributed by atoms with Crippen LogP contribution in [0.3, 0.4) is 0 Å². The Morgan fingerprint density at radius 2 is 2.00 bits per heavy atom. The summed E-state index contributed by atoms with van der Waals surface area (Å²) in [4.78, 5) is 20.6. The average molecular weight is 279 g/mol. The van der Waals surface area contributed by atoms with E-state index in [0.29, 0.717) is 23.8 Å². The Balaban J connectivity index is 1.72. The minimum absolute atomic E-state index is 0.191. The van der Waals surface area contributed by atoms with Crippen molar-refractivity contribution in [1.82, 2.24) is 15.1 Å². The molecule has 2 aromatic heterocycles. The molecule has 3 aromatic rings. The van der Waals surface area contributed by atoms with E-state index >= 15 is 0 Å². The van der Waals surface area contributed by atoms with E-state index in [1.807, 2.05) is 36.4 Å². The van der Waals surface area contributed by atoms with Crippen molar-refractivity contribution in [3.63, 3.8) is 0 Å². The molecule has 0 saturated heterocycles. The molecule has 0 amide bonds. The predicted octanol–water partition coefficient (Wildman–Crippen LogP) is 3.12. The molecule has 4 rings (SSSR count). The number of hydrogen-bond donors (Lipinski definition) is 0. The largest absolute Gasteiger partial charge is 0.338 e. The molecule has 0 bridgehead atoms.